The lowest BCUT2D eigenvalue weighted by molar-refractivity contribution is 0.0520. The van der Waals surface area contributed by atoms with Crippen molar-refractivity contribution in [2.24, 2.45) is 0 Å². The van der Waals surface area contributed by atoms with E-state index in [0.717, 1.165) is 0 Å². The van der Waals surface area contributed by atoms with Gasteiger partial charge in [0.15, 0.2) is 5.76 Å². The van der Waals surface area contributed by atoms with Gasteiger partial charge in [-0.1, -0.05) is 0 Å². The Balaban J connectivity index is 1.52. The maximum atomic E-state index is 13.1. The zero-order chi connectivity index (χ0) is 21.4. The van der Waals surface area contributed by atoms with Gasteiger partial charge in [0, 0.05) is 26.2 Å². The quantitative estimate of drug-likeness (QED) is 0.675. The summed E-state index contributed by atoms with van der Waals surface area (Å²) in [5.74, 6) is 0.570. The number of aryl methyl sites for hydroxylation is 1. The lowest BCUT2D eigenvalue weighted by Gasteiger charge is -2.34. The molecule has 1 aliphatic rings. The Hall–Kier alpha value is -2.98. The van der Waals surface area contributed by atoms with Gasteiger partial charge in [0.2, 0.25) is 0 Å². The van der Waals surface area contributed by atoms with E-state index in [4.69, 9.17) is 4.42 Å². The molecule has 2 amide bonds. The van der Waals surface area contributed by atoms with Crippen LogP contribution in [0.25, 0.3) is 10.2 Å². The van der Waals surface area contributed by atoms with Crippen molar-refractivity contribution < 1.29 is 14.0 Å². The summed E-state index contributed by atoms with van der Waals surface area (Å²) in [4.78, 5) is 51.9. The molecule has 0 spiro atoms. The van der Waals surface area contributed by atoms with Crippen LogP contribution in [0.4, 0.5) is 0 Å². The molecule has 0 atom stereocenters. The van der Waals surface area contributed by atoms with Crippen LogP contribution in [0.1, 0.15) is 31.6 Å². The molecule has 0 aliphatic carbocycles. The van der Waals surface area contributed by atoms with Crippen LogP contribution >= 0.6 is 11.3 Å². The van der Waals surface area contributed by atoms with Gasteiger partial charge in [-0.05, 0) is 38.7 Å². The topological polar surface area (TPSA) is 103 Å². The molecule has 0 unspecified atom stereocenters. The van der Waals surface area contributed by atoms with E-state index in [1.807, 2.05) is 19.0 Å². The molecule has 3 aromatic heterocycles. The summed E-state index contributed by atoms with van der Waals surface area (Å²) >= 11 is 1.25. The third-order valence-electron chi connectivity index (χ3n) is 5.10. The lowest BCUT2D eigenvalue weighted by Crippen LogP contribution is -2.50. The lowest BCUT2D eigenvalue weighted by atomic mass is 10.2. The average molecular weight is 430 g/mol. The van der Waals surface area contributed by atoms with E-state index >= 15 is 0 Å². The van der Waals surface area contributed by atoms with Crippen LogP contribution in [0.3, 0.4) is 0 Å². The predicted molar refractivity (Wildman–Crippen MR) is 113 cm³/mol. The molecule has 0 saturated carbocycles. The van der Waals surface area contributed by atoms with Gasteiger partial charge in [0.25, 0.3) is 17.4 Å². The average Bonchev–Trinajstić information content (AvgIpc) is 3.35. The van der Waals surface area contributed by atoms with Gasteiger partial charge in [-0.15, -0.1) is 11.3 Å². The zero-order valence-electron chi connectivity index (χ0n) is 17.1. The van der Waals surface area contributed by atoms with E-state index < -0.39 is 0 Å². The second-order valence-corrected chi connectivity index (χ2v) is 8.55. The van der Waals surface area contributed by atoms with Crippen LogP contribution in [0.15, 0.2) is 27.6 Å². The number of nitrogens with zero attached hydrogens (tertiary/aromatic N) is 4. The minimum Gasteiger partial charge on any atom is -0.459 e. The highest BCUT2D eigenvalue weighted by Crippen LogP contribution is 2.28. The number of hydrogen-bond donors (Lipinski definition) is 1. The molecule has 30 heavy (non-hydrogen) atoms. The Morgan fingerprint density at radius 1 is 1.20 bits per heavy atom. The molecule has 0 radical (unpaired) electrons. The van der Waals surface area contributed by atoms with Crippen molar-refractivity contribution in [3.8, 4) is 0 Å². The Bertz CT molecular complexity index is 1140. The van der Waals surface area contributed by atoms with E-state index in [1.54, 1.807) is 28.9 Å². The molecular formula is C20H23N5O4S. The molecule has 10 heteroatoms. The Kier molecular flexibility index (Phi) is 5.44. The van der Waals surface area contributed by atoms with Gasteiger partial charge in [0.1, 0.15) is 10.7 Å². The van der Waals surface area contributed by atoms with Crippen molar-refractivity contribution in [3.63, 3.8) is 0 Å². The Labute approximate surface area is 176 Å². The van der Waals surface area contributed by atoms with Crippen molar-refractivity contribution >= 4 is 33.4 Å². The summed E-state index contributed by atoms with van der Waals surface area (Å²) in [6, 6.07) is 3.31. The number of aromatic nitrogens is 2. The summed E-state index contributed by atoms with van der Waals surface area (Å²) < 4.78 is 5.17. The molecule has 0 aromatic carbocycles. The van der Waals surface area contributed by atoms with Crippen LogP contribution in [0, 0.1) is 6.92 Å². The predicted octanol–water partition coefficient (Wildman–Crippen LogP) is 1.55. The first-order valence-electron chi connectivity index (χ1n) is 9.64. The SMILES string of the molecule is Cc1c(C(=O)N2CCN(C(=O)c3ccco3)CC2)sc2nc(CN(C)C)[nH]c(=O)c12. The summed E-state index contributed by atoms with van der Waals surface area (Å²) in [6.45, 7) is 4.01. The number of amides is 2. The third kappa shape index (κ3) is 3.75. The van der Waals surface area contributed by atoms with E-state index in [1.165, 1.54) is 17.6 Å². The summed E-state index contributed by atoms with van der Waals surface area (Å²) in [5, 5.41) is 0.470. The fraction of sp³-hybridized carbons (Fsp3) is 0.400. The van der Waals surface area contributed by atoms with Gasteiger partial charge in [-0.3, -0.25) is 14.4 Å². The molecule has 9 nitrogen and oxygen atoms in total. The first-order valence-corrected chi connectivity index (χ1v) is 10.5. The molecule has 1 N–H and O–H groups in total. The van der Waals surface area contributed by atoms with Crippen LogP contribution in [0.5, 0.6) is 0 Å². The van der Waals surface area contributed by atoms with Crippen LogP contribution in [0.2, 0.25) is 0 Å². The number of carbonyl (C=O) groups excluding carboxylic acids is 2. The molecule has 0 bridgehead atoms. The maximum Gasteiger partial charge on any atom is 0.289 e. The van der Waals surface area contributed by atoms with Crippen molar-refractivity contribution in [1.29, 1.82) is 0 Å². The maximum absolute atomic E-state index is 13.1. The summed E-state index contributed by atoms with van der Waals surface area (Å²) in [6.07, 6.45) is 1.47. The first kappa shape index (κ1) is 20.3. The third-order valence-corrected chi connectivity index (χ3v) is 6.27. The fourth-order valence-electron chi connectivity index (χ4n) is 3.58. The van der Waals surface area contributed by atoms with Gasteiger partial charge >= 0.3 is 0 Å². The summed E-state index contributed by atoms with van der Waals surface area (Å²) in [7, 11) is 3.80. The van der Waals surface area contributed by atoms with E-state index in [2.05, 4.69) is 9.97 Å². The summed E-state index contributed by atoms with van der Waals surface area (Å²) in [5.41, 5.74) is 0.428. The standard InChI is InChI=1S/C20H23N5O4S/c1-12-15-17(26)21-14(11-23(2)3)22-18(15)30-16(12)20(28)25-8-6-24(7-9-25)19(27)13-5-4-10-29-13/h4-5,10H,6-9,11H2,1-3H3,(H,21,22,26). The first-order chi connectivity index (χ1) is 14.3. The fourth-order valence-corrected chi connectivity index (χ4v) is 4.75. The Morgan fingerprint density at radius 2 is 1.87 bits per heavy atom. The highest BCUT2D eigenvalue weighted by molar-refractivity contribution is 7.20. The van der Waals surface area contributed by atoms with Crippen LogP contribution < -0.4 is 5.56 Å². The molecule has 1 aliphatic heterocycles. The molecule has 1 saturated heterocycles. The molecular weight excluding hydrogens is 406 g/mol. The highest BCUT2D eigenvalue weighted by atomic mass is 32.1. The van der Waals surface area contributed by atoms with Gasteiger partial charge in [0.05, 0.1) is 23.1 Å². The number of H-pyrrole nitrogens is 1. The van der Waals surface area contributed by atoms with Crippen molar-refractivity contribution in [3.05, 3.63) is 50.8 Å². The minimum atomic E-state index is -0.224. The van der Waals surface area contributed by atoms with Gasteiger partial charge in [-0.25, -0.2) is 4.98 Å². The van der Waals surface area contributed by atoms with E-state index in [9.17, 15) is 14.4 Å². The highest BCUT2D eigenvalue weighted by Gasteiger charge is 2.29. The number of furan rings is 1. The number of hydrogen-bond acceptors (Lipinski definition) is 7. The van der Waals surface area contributed by atoms with E-state index in [-0.39, 0.29) is 17.4 Å². The smallest absolute Gasteiger partial charge is 0.289 e. The van der Waals surface area contributed by atoms with Crippen molar-refractivity contribution in [1.82, 2.24) is 24.7 Å². The zero-order valence-corrected chi connectivity index (χ0v) is 17.9. The number of nitrogens with one attached hydrogen (secondary N) is 1. The molecule has 158 valence electrons. The van der Waals surface area contributed by atoms with E-state index in [0.29, 0.717) is 65.0 Å². The van der Waals surface area contributed by atoms with Crippen molar-refractivity contribution in [2.45, 2.75) is 13.5 Å². The largest absolute Gasteiger partial charge is 0.459 e. The number of fused-ring (bicyclic) bond motifs is 1. The van der Waals surface area contributed by atoms with Gasteiger partial charge < -0.3 is 24.1 Å². The second kappa shape index (κ2) is 8.04. The van der Waals surface area contributed by atoms with Crippen molar-refractivity contribution in [2.75, 3.05) is 40.3 Å². The minimum absolute atomic E-state index is 0.130. The molecule has 4 rings (SSSR count). The number of aromatic amines is 1. The number of piperazine rings is 1. The monoisotopic (exact) mass is 429 g/mol. The Morgan fingerprint density at radius 3 is 2.47 bits per heavy atom. The number of carbonyl (C=O) groups is 2. The van der Waals surface area contributed by atoms with Crippen LogP contribution in [-0.4, -0.2) is 76.8 Å². The number of thiophene rings is 1. The molecule has 4 heterocycles. The van der Waals surface area contributed by atoms with Gasteiger partial charge in [-0.2, -0.15) is 0 Å². The molecule has 3 aromatic rings. The molecule has 1 fully saturated rings. The normalized spacial score (nSPS) is 14.7. The number of rotatable bonds is 4. The second-order valence-electron chi connectivity index (χ2n) is 7.55. The van der Waals surface area contributed by atoms with Crippen LogP contribution in [-0.2, 0) is 6.54 Å².